The van der Waals surface area contributed by atoms with E-state index in [2.05, 4.69) is 15.9 Å². The Morgan fingerprint density at radius 2 is 1.91 bits per heavy atom. The van der Waals surface area contributed by atoms with Crippen LogP contribution in [0.3, 0.4) is 0 Å². The van der Waals surface area contributed by atoms with E-state index >= 15 is 0 Å². The Morgan fingerprint density at radius 1 is 1.12 bits per heavy atom. The molecular weight excluding hydrogens is 502 g/mol. The van der Waals surface area contributed by atoms with Crippen LogP contribution >= 0.6 is 15.9 Å². The Labute approximate surface area is 203 Å². The molecule has 8 heteroatoms. The SMILES string of the molecule is CN1C(=O)C2CC=C3C(C4=COc5ccc(O)cc5C4)C4=C(CC3C2C1=O)C(=O)C(Br)=CC4=O. The minimum Gasteiger partial charge on any atom is -0.508 e. The van der Waals surface area contributed by atoms with E-state index in [1.54, 1.807) is 24.5 Å². The van der Waals surface area contributed by atoms with Crippen molar-refractivity contribution in [2.75, 3.05) is 7.05 Å². The highest BCUT2D eigenvalue weighted by Gasteiger charge is 2.55. The summed E-state index contributed by atoms with van der Waals surface area (Å²) in [6.45, 7) is 0. The summed E-state index contributed by atoms with van der Waals surface area (Å²) in [6, 6.07) is 4.86. The van der Waals surface area contributed by atoms with Crippen LogP contribution in [-0.2, 0) is 25.6 Å². The maximum Gasteiger partial charge on any atom is 0.233 e. The number of likely N-dealkylation sites (tertiary alicyclic amines) is 1. The lowest BCUT2D eigenvalue weighted by Gasteiger charge is -2.43. The molecule has 1 N–H and O–H groups in total. The number of hydrogen-bond donors (Lipinski definition) is 1. The zero-order valence-corrected chi connectivity index (χ0v) is 19.8. The predicted molar refractivity (Wildman–Crippen MR) is 124 cm³/mol. The number of carbonyl (C=O) groups is 4. The summed E-state index contributed by atoms with van der Waals surface area (Å²) in [6.07, 6.45) is 5.98. The molecule has 1 fully saturated rings. The van der Waals surface area contributed by atoms with Crippen LogP contribution in [0.2, 0.25) is 0 Å². The lowest BCUT2D eigenvalue weighted by Crippen LogP contribution is -2.41. The van der Waals surface area contributed by atoms with Crippen LogP contribution in [0.25, 0.3) is 0 Å². The summed E-state index contributed by atoms with van der Waals surface area (Å²) in [5.74, 6) is -2.10. The van der Waals surface area contributed by atoms with Gasteiger partial charge < -0.3 is 9.84 Å². The number of imide groups is 1. The number of rotatable bonds is 1. The van der Waals surface area contributed by atoms with Crippen LogP contribution in [0.15, 0.2) is 63.4 Å². The average Bonchev–Trinajstić information content (AvgIpc) is 3.04. The molecule has 0 saturated carbocycles. The van der Waals surface area contributed by atoms with Crippen molar-refractivity contribution in [3.63, 3.8) is 0 Å². The highest BCUT2D eigenvalue weighted by Crippen LogP contribution is 2.54. The molecule has 1 saturated heterocycles. The number of carbonyl (C=O) groups excluding carboxylic acids is 4. The van der Waals surface area contributed by atoms with Gasteiger partial charge in [-0.25, -0.2) is 0 Å². The van der Waals surface area contributed by atoms with Gasteiger partial charge in [-0.2, -0.15) is 0 Å². The number of ether oxygens (including phenoxy) is 1. The number of fused-ring (bicyclic) bond motifs is 4. The first-order valence-corrected chi connectivity index (χ1v) is 11.9. The van der Waals surface area contributed by atoms with Gasteiger partial charge >= 0.3 is 0 Å². The molecule has 34 heavy (non-hydrogen) atoms. The first-order valence-electron chi connectivity index (χ1n) is 11.1. The van der Waals surface area contributed by atoms with Crippen LogP contribution in [0, 0.1) is 23.7 Å². The van der Waals surface area contributed by atoms with E-state index < -0.39 is 17.8 Å². The second-order valence-corrected chi connectivity index (χ2v) is 10.3. The standard InChI is InChI=1S/C26H20BrNO6/c1-28-25(32)15-4-3-14-16(22(15)26(28)33)8-17-23(19(30)9-18(27)24(17)31)21(14)12-6-11-7-13(29)2-5-20(11)34-10-12/h2-3,5,7,9-10,15-16,21-22,29H,4,6,8H2,1H3. The second kappa shape index (κ2) is 7.37. The molecule has 1 aromatic carbocycles. The summed E-state index contributed by atoms with van der Waals surface area (Å²) in [5, 5.41) is 9.97. The van der Waals surface area contributed by atoms with E-state index in [4.69, 9.17) is 4.74 Å². The average molecular weight is 522 g/mol. The van der Waals surface area contributed by atoms with E-state index in [-0.39, 0.29) is 46.0 Å². The monoisotopic (exact) mass is 521 g/mol. The molecule has 0 radical (unpaired) electrons. The van der Waals surface area contributed by atoms with Gasteiger partial charge in [0.1, 0.15) is 11.5 Å². The Bertz CT molecular complexity index is 1350. The number of ketones is 2. The number of amides is 2. The lowest BCUT2D eigenvalue weighted by molar-refractivity contribution is -0.138. The molecule has 4 atom stereocenters. The molecule has 2 amide bonds. The van der Waals surface area contributed by atoms with E-state index in [9.17, 15) is 24.3 Å². The van der Waals surface area contributed by atoms with Gasteiger partial charge in [-0.15, -0.1) is 0 Å². The largest absolute Gasteiger partial charge is 0.508 e. The first-order chi connectivity index (χ1) is 16.3. The number of Topliss-reactive ketones (excluding diaryl/α,β-unsaturated/α-hetero) is 1. The smallest absolute Gasteiger partial charge is 0.233 e. The fourth-order valence-corrected chi connectivity index (χ4v) is 6.62. The Balaban J connectivity index is 1.50. The van der Waals surface area contributed by atoms with E-state index in [1.807, 2.05) is 6.08 Å². The molecule has 5 aliphatic rings. The van der Waals surface area contributed by atoms with Gasteiger partial charge in [0.05, 0.1) is 22.6 Å². The summed E-state index contributed by atoms with van der Waals surface area (Å²) >= 11 is 3.22. The summed E-state index contributed by atoms with van der Waals surface area (Å²) in [4.78, 5) is 53.4. The van der Waals surface area contributed by atoms with Gasteiger partial charge in [-0.1, -0.05) is 11.6 Å². The first kappa shape index (κ1) is 21.3. The van der Waals surface area contributed by atoms with Gasteiger partial charge in [0.25, 0.3) is 0 Å². The van der Waals surface area contributed by atoms with Crippen molar-refractivity contribution < 1.29 is 29.0 Å². The van der Waals surface area contributed by atoms with Crippen LogP contribution in [0.4, 0.5) is 0 Å². The molecule has 2 heterocycles. The van der Waals surface area contributed by atoms with Crippen molar-refractivity contribution in [3.8, 4) is 11.5 Å². The van der Waals surface area contributed by atoms with E-state index in [0.717, 1.165) is 16.7 Å². The predicted octanol–water partition coefficient (Wildman–Crippen LogP) is 3.14. The number of phenolic OH excluding ortho intramolecular Hbond substituents is 1. The number of aromatic hydroxyl groups is 1. The zero-order valence-electron chi connectivity index (χ0n) is 18.2. The second-order valence-electron chi connectivity index (χ2n) is 9.41. The topological polar surface area (TPSA) is 101 Å². The molecule has 2 aliphatic heterocycles. The highest BCUT2D eigenvalue weighted by atomic mass is 79.9. The van der Waals surface area contributed by atoms with Crippen molar-refractivity contribution in [3.05, 3.63) is 69.0 Å². The van der Waals surface area contributed by atoms with Gasteiger partial charge in [0, 0.05) is 42.2 Å². The summed E-state index contributed by atoms with van der Waals surface area (Å²) < 4.78 is 6.05. The molecule has 6 rings (SSSR count). The number of nitrogens with zero attached hydrogens (tertiary/aromatic N) is 1. The molecule has 4 unspecified atom stereocenters. The molecule has 172 valence electrons. The van der Waals surface area contributed by atoms with Gasteiger partial charge in [0.15, 0.2) is 11.6 Å². The lowest BCUT2D eigenvalue weighted by atomic mass is 9.59. The van der Waals surface area contributed by atoms with Crippen molar-refractivity contribution in [1.29, 1.82) is 0 Å². The number of phenols is 1. The summed E-state index contributed by atoms with van der Waals surface area (Å²) in [7, 11) is 1.50. The zero-order chi connectivity index (χ0) is 23.9. The van der Waals surface area contributed by atoms with Crippen molar-refractivity contribution in [2.45, 2.75) is 19.3 Å². The molecule has 0 aromatic heterocycles. The van der Waals surface area contributed by atoms with Crippen LogP contribution < -0.4 is 4.74 Å². The third kappa shape index (κ3) is 2.87. The van der Waals surface area contributed by atoms with E-state index in [1.165, 1.54) is 18.0 Å². The third-order valence-electron chi connectivity index (χ3n) is 7.70. The van der Waals surface area contributed by atoms with Crippen LogP contribution in [0.1, 0.15) is 18.4 Å². The Hall–Kier alpha value is -3.26. The molecular formula is C26H20BrNO6. The number of allylic oxidation sites excluding steroid dienone is 7. The quantitative estimate of drug-likeness (QED) is 0.346. The van der Waals surface area contributed by atoms with Crippen LogP contribution in [-0.4, -0.2) is 40.4 Å². The normalized spacial score (nSPS) is 30.1. The van der Waals surface area contributed by atoms with Crippen molar-refractivity contribution in [2.24, 2.45) is 23.7 Å². The molecule has 0 spiro atoms. The maximum atomic E-state index is 13.2. The fraction of sp³-hybridized carbons (Fsp3) is 0.308. The number of halogens is 1. The van der Waals surface area contributed by atoms with Gasteiger partial charge in [-0.05, 0) is 58.5 Å². The van der Waals surface area contributed by atoms with Crippen LogP contribution in [0.5, 0.6) is 11.5 Å². The molecule has 3 aliphatic carbocycles. The Morgan fingerprint density at radius 3 is 2.71 bits per heavy atom. The molecule has 7 nitrogen and oxygen atoms in total. The number of hydrogen-bond acceptors (Lipinski definition) is 6. The highest BCUT2D eigenvalue weighted by molar-refractivity contribution is 9.12. The number of benzene rings is 1. The van der Waals surface area contributed by atoms with Crippen molar-refractivity contribution >= 4 is 39.3 Å². The Kier molecular flexibility index (Phi) is 4.61. The van der Waals surface area contributed by atoms with Crippen molar-refractivity contribution in [1.82, 2.24) is 4.90 Å². The van der Waals surface area contributed by atoms with E-state index in [0.29, 0.717) is 29.7 Å². The maximum absolute atomic E-state index is 13.2. The van der Waals surface area contributed by atoms with Gasteiger partial charge in [-0.3, -0.25) is 24.1 Å². The summed E-state index contributed by atoms with van der Waals surface area (Å²) in [5.41, 5.74) is 3.25. The minimum absolute atomic E-state index is 0.110. The minimum atomic E-state index is -0.553. The molecule has 0 bridgehead atoms. The van der Waals surface area contributed by atoms with Gasteiger partial charge in [0.2, 0.25) is 11.8 Å². The fourth-order valence-electron chi connectivity index (χ4n) is 6.17. The molecule has 1 aromatic rings. The third-order valence-corrected chi connectivity index (χ3v) is 8.29.